The molecule has 0 spiro atoms. The summed E-state index contributed by atoms with van der Waals surface area (Å²) in [5.74, 6) is 0.966. The number of hydrogen-bond acceptors (Lipinski definition) is 4. The van der Waals surface area contributed by atoms with Crippen molar-refractivity contribution in [1.29, 1.82) is 0 Å². The van der Waals surface area contributed by atoms with E-state index < -0.39 is 11.7 Å². The maximum atomic E-state index is 12.3. The molecule has 1 N–H and O–H groups in total. The van der Waals surface area contributed by atoms with E-state index in [1.165, 1.54) is 0 Å². The Hall–Kier alpha value is -3.12. The van der Waals surface area contributed by atoms with Crippen molar-refractivity contribution in [3.05, 3.63) is 71.9 Å². The van der Waals surface area contributed by atoms with Gasteiger partial charge < -0.3 is 9.47 Å². The van der Waals surface area contributed by atoms with E-state index in [0.29, 0.717) is 17.3 Å². The zero-order valence-corrected chi connectivity index (χ0v) is 15.9. The van der Waals surface area contributed by atoms with Gasteiger partial charge in [-0.05, 0) is 45.0 Å². The predicted octanol–water partition coefficient (Wildman–Crippen LogP) is 4.67. The summed E-state index contributed by atoms with van der Waals surface area (Å²) in [5.41, 5.74) is 2.06. The van der Waals surface area contributed by atoms with Gasteiger partial charge >= 0.3 is 6.09 Å². The zero-order valence-electron chi connectivity index (χ0n) is 15.9. The molecule has 0 aliphatic carbocycles. The normalized spacial score (nSPS) is 11.3. The van der Waals surface area contributed by atoms with Gasteiger partial charge in [0.2, 0.25) is 0 Å². The summed E-state index contributed by atoms with van der Waals surface area (Å²) in [6.07, 6.45) is -0.587. The number of hydrogen-bond donors (Lipinski definition) is 1. The van der Waals surface area contributed by atoms with Gasteiger partial charge in [-0.15, -0.1) is 0 Å². The Kier molecular flexibility index (Phi) is 5.28. The molecule has 3 aromatic rings. The number of amides is 1. The maximum absolute atomic E-state index is 12.3. The Morgan fingerprint density at radius 2 is 1.74 bits per heavy atom. The second-order valence-corrected chi connectivity index (χ2v) is 6.70. The van der Waals surface area contributed by atoms with Crippen LogP contribution in [0.15, 0.2) is 60.7 Å². The molecule has 27 heavy (non-hydrogen) atoms. The predicted molar refractivity (Wildman–Crippen MR) is 104 cm³/mol. The Balaban J connectivity index is 1.92. The number of ether oxygens (including phenoxy) is 2. The highest BCUT2D eigenvalue weighted by Crippen LogP contribution is 2.27. The second kappa shape index (κ2) is 7.63. The van der Waals surface area contributed by atoms with E-state index in [2.05, 4.69) is 10.4 Å². The summed E-state index contributed by atoms with van der Waals surface area (Å²) >= 11 is 0. The molecule has 1 aromatic heterocycles. The van der Waals surface area contributed by atoms with Crippen molar-refractivity contribution in [3.8, 4) is 11.4 Å². The second-order valence-electron chi connectivity index (χ2n) is 6.70. The fourth-order valence-electron chi connectivity index (χ4n) is 2.48. The molecule has 0 bridgehead atoms. The minimum Gasteiger partial charge on any atom is -0.410 e. The molecule has 1 heterocycles. The topological polar surface area (TPSA) is 65.4 Å². The molecule has 0 unspecified atom stereocenters. The van der Waals surface area contributed by atoms with Crippen molar-refractivity contribution in [2.75, 3.05) is 12.4 Å². The average molecular weight is 365 g/mol. The maximum Gasteiger partial charge on any atom is 0.418 e. The fourth-order valence-corrected chi connectivity index (χ4v) is 2.48. The van der Waals surface area contributed by atoms with Crippen LogP contribution in [0.5, 0.6) is 5.75 Å². The minimum atomic E-state index is -0.601. The first-order valence-electron chi connectivity index (χ1n) is 8.65. The number of para-hydroxylation sites is 1. The zero-order chi connectivity index (χ0) is 19.4. The molecule has 0 radical (unpaired) electrons. The fraction of sp³-hybridized carbons (Fsp3) is 0.238. The molecule has 0 aliphatic heterocycles. The number of anilines is 1. The highest BCUT2D eigenvalue weighted by atomic mass is 16.6. The molecule has 0 aliphatic rings. The minimum absolute atomic E-state index is 0.467. The van der Waals surface area contributed by atoms with Crippen LogP contribution in [-0.4, -0.2) is 23.0 Å². The van der Waals surface area contributed by atoms with Crippen LogP contribution in [0.25, 0.3) is 5.69 Å². The lowest BCUT2D eigenvalue weighted by Crippen LogP contribution is -2.20. The summed E-state index contributed by atoms with van der Waals surface area (Å²) in [6, 6.07) is 18.6. The van der Waals surface area contributed by atoms with Gasteiger partial charge in [0.05, 0.1) is 11.4 Å². The SMILES string of the molecule is COC(C)(C)c1cc(NC(=O)Oc2ccccc2)n(-c2ccc(C)cc2)n1. The van der Waals surface area contributed by atoms with Crippen LogP contribution in [0.3, 0.4) is 0 Å². The Bertz CT molecular complexity index is 916. The summed E-state index contributed by atoms with van der Waals surface area (Å²) in [6.45, 7) is 5.85. The van der Waals surface area contributed by atoms with E-state index in [9.17, 15) is 4.79 Å². The van der Waals surface area contributed by atoms with E-state index >= 15 is 0 Å². The first-order chi connectivity index (χ1) is 12.9. The van der Waals surface area contributed by atoms with Crippen molar-refractivity contribution in [2.24, 2.45) is 0 Å². The molecule has 0 saturated carbocycles. The van der Waals surface area contributed by atoms with Gasteiger partial charge in [0.15, 0.2) is 0 Å². The number of methoxy groups -OCH3 is 1. The van der Waals surface area contributed by atoms with Gasteiger partial charge in [-0.25, -0.2) is 9.48 Å². The van der Waals surface area contributed by atoms with E-state index in [0.717, 1.165) is 11.3 Å². The van der Waals surface area contributed by atoms with Gasteiger partial charge in [-0.1, -0.05) is 35.9 Å². The molecule has 1 amide bonds. The van der Waals surface area contributed by atoms with Crippen molar-refractivity contribution in [3.63, 3.8) is 0 Å². The van der Waals surface area contributed by atoms with Gasteiger partial charge in [0.25, 0.3) is 0 Å². The first kappa shape index (κ1) is 18.7. The first-order valence-corrected chi connectivity index (χ1v) is 8.65. The van der Waals surface area contributed by atoms with Crippen molar-refractivity contribution < 1.29 is 14.3 Å². The number of nitrogens with zero attached hydrogens (tertiary/aromatic N) is 2. The third-order valence-corrected chi connectivity index (χ3v) is 4.30. The molecule has 0 saturated heterocycles. The summed E-state index contributed by atoms with van der Waals surface area (Å²) in [5, 5.41) is 7.41. The van der Waals surface area contributed by atoms with Crippen molar-refractivity contribution in [2.45, 2.75) is 26.4 Å². The highest BCUT2D eigenvalue weighted by molar-refractivity contribution is 5.85. The van der Waals surface area contributed by atoms with Gasteiger partial charge in [0, 0.05) is 13.2 Å². The Morgan fingerprint density at radius 1 is 1.07 bits per heavy atom. The molecular formula is C21H23N3O3. The molecule has 0 atom stereocenters. The largest absolute Gasteiger partial charge is 0.418 e. The lowest BCUT2D eigenvalue weighted by Gasteiger charge is -2.19. The summed E-state index contributed by atoms with van der Waals surface area (Å²) < 4.78 is 12.5. The van der Waals surface area contributed by atoms with Gasteiger partial charge in [-0.2, -0.15) is 5.10 Å². The molecule has 6 heteroatoms. The third kappa shape index (κ3) is 4.35. The summed E-state index contributed by atoms with van der Waals surface area (Å²) in [7, 11) is 1.63. The number of nitrogens with one attached hydrogen (secondary N) is 1. The van der Waals surface area contributed by atoms with Crippen LogP contribution in [0, 0.1) is 6.92 Å². The number of aromatic nitrogens is 2. The van der Waals surface area contributed by atoms with E-state index in [1.807, 2.05) is 51.1 Å². The third-order valence-electron chi connectivity index (χ3n) is 4.30. The van der Waals surface area contributed by atoms with Gasteiger partial charge in [-0.3, -0.25) is 5.32 Å². The van der Waals surface area contributed by atoms with Crippen LogP contribution >= 0.6 is 0 Å². The molecule has 0 fully saturated rings. The smallest absolute Gasteiger partial charge is 0.410 e. The van der Waals surface area contributed by atoms with Crippen LogP contribution in [0.4, 0.5) is 10.6 Å². The van der Waals surface area contributed by atoms with E-state index in [4.69, 9.17) is 9.47 Å². The van der Waals surface area contributed by atoms with E-state index in [1.54, 1.807) is 42.1 Å². The standard InChI is InChI=1S/C21H23N3O3/c1-15-10-12-16(13-11-15)24-19(14-18(23-24)21(2,3)26-4)22-20(25)27-17-8-6-5-7-9-17/h5-14H,1-4H3,(H,22,25). The van der Waals surface area contributed by atoms with Gasteiger partial charge in [0.1, 0.15) is 17.2 Å². The lowest BCUT2D eigenvalue weighted by molar-refractivity contribution is 0.0152. The van der Waals surface area contributed by atoms with Crippen LogP contribution < -0.4 is 10.1 Å². The van der Waals surface area contributed by atoms with Crippen LogP contribution in [0.1, 0.15) is 25.1 Å². The van der Waals surface area contributed by atoms with E-state index in [-0.39, 0.29) is 0 Å². The number of rotatable bonds is 5. The highest BCUT2D eigenvalue weighted by Gasteiger charge is 2.26. The average Bonchev–Trinajstić information content (AvgIpc) is 3.07. The number of aryl methyl sites for hydroxylation is 1. The molecular weight excluding hydrogens is 342 g/mol. The molecule has 2 aromatic carbocycles. The Morgan fingerprint density at radius 3 is 2.37 bits per heavy atom. The number of carbonyl (C=O) groups excluding carboxylic acids is 1. The van der Waals surface area contributed by atoms with Crippen LogP contribution in [-0.2, 0) is 10.3 Å². The number of carbonyl (C=O) groups is 1. The van der Waals surface area contributed by atoms with Crippen molar-refractivity contribution in [1.82, 2.24) is 9.78 Å². The molecule has 140 valence electrons. The quantitative estimate of drug-likeness (QED) is 0.713. The Labute approximate surface area is 158 Å². The lowest BCUT2D eigenvalue weighted by atomic mass is 10.1. The molecule has 6 nitrogen and oxygen atoms in total. The number of benzene rings is 2. The molecule has 3 rings (SSSR count). The monoisotopic (exact) mass is 365 g/mol. The summed E-state index contributed by atoms with van der Waals surface area (Å²) in [4.78, 5) is 12.3. The van der Waals surface area contributed by atoms with Crippen molar-refractivity contribution >= 4 is 11.9 Å². The van der Waals surface area contributed by atoms with Crippen LogP contribution in [0.2, 0.25) is 0 Å².